The predicted molar refractivity (Wildman–Crippen MR) is 68.5 cm³/mol. The second-order valence-electron chi connectivity index (χ2n) is 4.65. The lowest BCUT2D eigenvalue weighted by molar-refractivity contribution is -0.145. The fourth-order valence-electron chi connectivity index (χ4n) is 2.30. The van der Waals surface area contributed by atoms with E-state index in [1.165, 1.54) is 26.4 Å². The number of nitrogens with zero attached hydrogens (tertiary/aromatic N) is 1. The van der Waals surface area contributed by atoms with Crippen LogP contribution in [0.3, 0.4) is 0 Å². The van der Waals surface area contributed by atoms with Crippen molar-refractivity contribution in [3.63, 3.8) is 0 Å². The Labute approximate surface area is 116 Å². The molecule has 5 nitrogen and oxygen atoms in total. The van der Waals surface area contributed by atoms with Crippen molar-refractivity contribution in [2.24, 2.45) is 5.92 Å². The molecule has 1 fully saturated rings. The van der Waals surface area contributed by atoms with Gasteiger partial charge in [-0.05, 0) is 6.07 Å². The van der Waals surface area contributed by atoms with Crippen molar-refractivity contribution in [1.82, 2.24) is 4.90 Å². The third-order valence-corrected chi connectivity index (χ3v) is 3.36. The average Bonchev–Trinajstić information content (AvgIpc) is 2.81. The Morgan fingerprint density at radius 3 is 2.85 bits per heavy atom. The van der Waals surface area contributed by atoms with Gasteiger partial charge in [0.15, 0.2) is 0 Å². The van der Waals surface area contributed by atoms with Crippen molar-refractivity contribution < 1.29 is 23.5 Å². The molecule has 6 heteroatoms. The summed E-state index contributed by atoms with van der Waals surface area (Å²) in [7, 11) is 2.75. The maximum Gasteiger partial charge on any atom is 0.310 e. The van der Waals surface area contributed by atoms with Crippen molar-refractivity contribution in [3.05, 3.63) is 29.6 Å². The first-order chi connectivity index (χ1) is 9.55. The van der Waals surface area contributed by atoms with Gasteiger partial charge in [-0.25, -0.2) is 4.39 Å². The van der Waals surface area contributed by atoms with E-state index in [0.29, 0.717) is 17.9 Å². The molecule has 1 unspecified atom stereocenters. The lowest BCUT2D eigenvalue weighted by Crippen LogP contribution is -2.26. The van der Waals surface area contributed by atoms with Crippen LogP contribution in [0.15, 0.2) is 18.2 Å². The molecule has 0 radical (unpaired) electrons. The highest BCUT2D eigenvalue weighted by molar-refractivity contribution is 5.86. The lowest BCUT2D eigenvalue weighted by atomic mass is 10.1. The number of rotatable bonds is 4. The summed E-state index contributed by atoms with van der Waals surface area (Å²) in [5.41, 5.74) is 0.702. The number of carbonyl (C=O) groups is 2. The molecule has 1 aromatic rings. The molecule has 0 spiro atoms. The molecule has 108 valence electrons. The zero-order chi connectivity index (χ0) is 14.7. The Bertz CT molecular complexity index is 532. The summed E-state index contributed by atoms with van der Waals surface area (Å²) in [4.78, 5) is 24.9. The van der Waals surface area contributed by atoms with Gasteiger partial charge in [-0.3, -0.25) is 9.59 Å². The van der Waals surface area contributed by atoms with Crippen molar-refractivity contribution in [2.75, 3.05) is 20.8 Å². The smallest absolute Gasteiger partial charge is 0.310 e. The van der Waals surface area contributed by atoms with Crippen LogP contribution in [0.2, 0.25) is 0 Å². The quantitative estimate of drug-likeness (QED) is 0.782. The molecule has 1 saturated heterocycles. The first-order valence-corrected chi connectivity index (χ1v) is 6.23. The molecule has 0 aromatic heterocycles. The number of esters is 1. The Morgan fingerprint density at radius 1 is 1.45 bits per heavy atom. The van der Waals surface area contributed by atoms with Gasteiger partial charge in [-0.15, -0.1) is 0 Å². The number of methoxy groups -OCH3 is 2. The summed E-state index contributed by atoms with van der Waals surface area (Å²) in [6.45, 7) is 0.599. The summed E-state index contributed by atoms with van der Waals surface area (Å²) in [5, 5.41) is 0. The Morgan fingerprint density at radius 2 is 2.20 bits per heavy atom. The Balaban J connectivity index is 2.11. The van der Waals surface area contributed by atoms with Crippen LogP contribution in [0.4, 0.5) is 4.39 Å². The maximum absolute atomic E-state index is 13.1. The topological polar surface area (TPSA) is 55.8 Å². The molecule has 1 aliphatic rings. The SMILES string of the molecule is COC(=O)C1CC(=O)N(Cc2ccc(F)cc2OC)C1. The molecule has 0 bridgehead atoms. The number of halogens is 1. The van der Waals surface area contributed by atoms with Crippen LogP contribution in [-0.2, 0) is 20.9 Å². The van der Waals surface area contributed by atoms with Crippen LogP contribution in [-0.4, -0.2) is 37.5 Å². The standard InChI is InChI=1S/C14H16FNO4/c1-19-12-6-11(15)4-3-9(12)7-16-8-10(5-13(16)17)14(18)20-2/h3-4,6,10H,5,7-8H2,1-2H3. The van der Waals surface area contributed by atoms with E-state index in [1.54, 1.807) is 11.0 Å². The fraction of sp³-hybridized carbons (Fsp3) is 0.429. The van der Waals surface area contributed by atoms with E-state index < -0.39 is 11.7 Å². The van der Waals surface area contributed by atoms with Gasteiger partial charge in [0, 0.05) is 31.1 Å². The van der Waals surface area contributed by atoms with E-state index in [-0.39, 0.29) is 24.8 Å². The minimum atomic E-state index is -0.432. The zero-order valence-corrected chi connectivity index (χ0v) is 11.4. The highest BCUT2D eigenvalue weighted by Crippen LogP contribution is 2.25. The largest absolute Gasteiger partial charge is 0.496 e. The van der Waals surface area contributed by atoms with E-state index in [0.717, 1.165) is 0 Å². The first-order valence-electron chi connectivity index (χ1n) is 6.23. The molecular weight excluding hydrogens is 265 g/mol. The van der Waals surface area contributed by atoms with Gasteiger partial charge in [0.1, 0.15) is 11.6 Å². The molecule has 1 amide bonds. The number of hydrogen-bond acceptors (Lipinski definition) is 4. The maximum atomic E-state index is 13.1. The van der Waals surface area contributed by atoms with Crippen LogP contribution in [0.1, 0.15) is 12.0 Å². The van der Waals surface area contributed by atoms with E-state index in [4.69, 9.17) is 4.74 Å². The number of ether oxygens (including phenoxy) is 2. The minimum Gasteiger partial charge on any atom is -0.496 e. The molecule has 2 rings (SSSR count). The van der Waals surface area contributed by atoms with Crippen LogP contribution in [0.25, 0.3) is 0 Å². The number of benzene rings is 1. The molecule has 1 aliphatic heterocycles. The van der Waals surface area contributed by atoms with Crippen LogP contribution >= 0.6 is 0 Å². The highest BCUT2D eigenvalue weighted by Gasteiger charge is 2.35. The molecule has 20 heavy (non-hydrogen) atoms. The number of likely N-dealkylation sites (tertiary alicyclic amines) is 1. The average molecular weight is 281 g/mol. The summed E-state index contributed by atoms with van der Waals surface area (Å²) >= 11 is 0. The highest BCUT2D eigenvalue weighted by atomic mass is 19.1. The van der Waals surface area contributed by atoms with Gasteiger partial charge in [0.05, 0.1) is 20.1 Å². The van der Waals surface area contributed by atoms with E-state index in [1.807, 2.05) is 0 Å². The van der Waals surface area contributed by atoms with Gasteiger partial charge in [-0.2, -0.15) is 0 Å². The van der Waals surface area contributed by atoms with Crippen LogP contribution in [0.5, 0.6) is 5.75 Å². The van der Waals surface area contributed by atoms with Gasteiger partial charge >= 0.3 is 5.97 Å². The molecule has 1 atom stereocenters. The number of hydrogen-bond donors (Lipinski definition) is 0. The van der Waals surface area contributed by atoms with E-state index in [2.05, 4.69) is 4.74 Å². The third-order valence-electron chi connectivity index (χ3n) is 3.36. The van der Waals surface area contributed by atoms with Crippen molar-refractivity contribution in [2.45, 2.75) is 13.0 Å². The number of amides is 1. The zero-order valence-electron chi connectivity index (χ0n) is 11.4. The second-order valence-corrected chi connectivity index (χ2v) is 4.65. The van der Waals surface area contributed by atoms with Crippen LogP contribution in [0, 0.1) is 11.7 Å². The summed E-state index contributed by atoms with van der Waals surface area (Å²) in [6, 6.07) is 4.16. The minimum absolute atomic E-state index is 0.119. The monoisotopic (exact) mass is 281 g/mol. The van der Waals surface area contributed by atoms with Crippen molar-refractivity contribution >= 4 is 11.9 Å². The van der Waals surface area contributed by atoms with Gasteiger partial charge in [-0.1, -0.05) is 6.07 Å². The first kappa shape index (κ1) is 14.3. The summed E-state index contributed by atoms with van der Waals surface area (Å²) < 4.78 is 22.9. The third kappa shape index (κ3) is 2.89. The molecule has 1 aromatic carbocycles. The fourth-order valence-corrected chi connectivity index (χ4v) is 2.30. The summed E-state index contributed by atoms with van der Waals surface area (Å²) in [5.74, 6) is -0.942. The summed E-state index contributed by atoms with van der Waals surface area (Å²) in [6.07, 6.45) is 0.149. The van der Waals surface area contributed by atoms with Gasteiger partial charge in [0.2, 0.25) is 5.91 Å². The molecule has 1 heterocycles. The van der Waals surface area contributed by atoms with Crippen LogP contribution < -0.4 is 4.74 Å². The lowest BCUT2D eigenvalue weighted by Gasteiger charge is -2.18. The van der Waals surface area contributed by atoms with E-state index in [9.17, 15) is 14.0 Å². The molecular formula is C14H16FNO4. The van der Waals surface area contributed by atoms with Crippen molar-refractivity contribution in [1.29, 1.82) is 0 Å². The van der Waals surface area contributed by atoms with Gasteiger partial charge in [0.25, 0.3) is 0 Å². The Kier molecular flexibility index (Phi) is 4.22. The van der Waals surface area contributed by atoms with Gasteiger partial charge < -0.3 is 14.4 Å². The molecule has 0 saturated carbocycles. The Hall–Kier alpha value is -2.11. The predicted octanol–water partition coefficient (Wildman–Crippen LogP) is 1.36. The molecule has 0 N–H and O–H groups in total. The normalized spacial score (nSPS) is 18.2. The number of carbonyl (C=O) groups excluding carboxylic acids is 2. The van der Waals surface area contributed by atoms with E-state index >= 15 is 0 Å². The van der Waals surface area contributed by atoms with Crippen molar-refractivity contribution in [3.8, 4) is 5.75 Å². The molecule has 0 aliphatic carbocycles. The second kappa shape index (κ2) is 5.90.